The molecular formula is C17H15FN2O2S. The average molecular weight is 330 g/mol. The quantitative estimate of drug-likeness (QED) is 0.736. The van der Waals surface area contributed by atoms with Crippen LogP contribution in [0.3, 0.4) is 0 Å². The Morgan fingerprint density at radius 1 is 1.26 bits per heavy atom. The van der Waals surface area contributed by atoms with Crippen molar-refractivity contribution in [2.24, 2.45) is 4.99 Å². The third-order valence-corrected chi connectivity index (χ3v) is 4.55. The number of thiazole rings is 1. The van der Waals surface area contributed by atoms with Crippen LogP contribution in [0.25, 0.3) is 10.2 Å². The molecule has 0 aliphatic heterocycles. The fourth-order valence-corrected chi connectivity index (χ4v) is 3.53. The lowest BCUT2D eigenvalue weighted by molar-refractivity contribution is 0.0994. The summed E-state index contributed by atoms with van der Waals surface area (Å²) in [5.74, 6) is -0.431. The average Bonchev–Trinajstić information content (AvgIpc) is 2.92. The number of aryl methyl sites for hydroxylation is 1. The summed E-state index contributed by atoms with van der Waals surface area (Å²) in [6, 6.07) is 11.6. The van der Waals surface area contributed by atoms with Gasteiger partial charge in [0.2, 0.25) is 0 Å². The lowest BCUT2D eigenvalue weighted by atomic mass is 10.2. The van der Waals surface area contributed by atoms with Gasteiger partial charge >= 0.3 is 0 Å². The monoisotopic (exact) mass is 330 g/mol. The van der Waals surface area contributed by atoms with Crippen LogP contribution in [0.4, 0.5) is 4.39 Å². The normalized spacial score (nSPS) is 11.9. The van der Waals surface area contributed by atoms with Crippen LogP contribution in [0.5, 0.6) is 5.75 Å². The Kier molecular flexibility index (Phi) is 4.25. The lowest BCUT2D eigenvalue weighted by Crippen LogP contribution is -2.16. The number of hydrogen-bond donors (Lipinski definition) is 0. The van der Waals surface area contributed by atoms with E-state index in [1.54, 1.807) is 19.2 Å². The van der Waals surface area contributed by atoms with Crippen molar-refractivity contribution in [1.29, 1.82) is 0 Å². The van der Waals surface area contributed by atoms with E-state index in [1.165, 1.54) is 23.5 Å². The van der Waals surface area contributed by atoms with Crippen LogP contribution in [-0.2, 0) is 6.54 Å². The van der Waals surface area contributed by atoms with E-state index in [0.29, 0.717) is 11.3 Å². The Morgan fingerprint density at radius 3 is 2.74 bits per heavy atom. The van der Waals surface area contributed by atoms with Crippen LogP contribution in [0.1, 0.15) is 17.3 Å². The molecule has 0 fully saturated rings. The molecule has 0 saturated carbocycles. The predicted molar refractivity (Wildman–Crippen MR) is 88.3 cm³/mol. The maximum absolute atomic E-state index is 13.7. The molecule has 0 atom stereocenters. The van der Waals surface area contributed by atoms with E-state index in [2.05, 4.69) is 4.99 Å². The number of carbonyl (C=O) groups excluding carboxylic acids is 1. The van der Waals surface area contributed by atoms with Crippen LogP contribution in [-0.4, -0.2) is 17.6 Å². The maximum Gasteiger partial charge on any atom is 0.282 e. The number of halogens is 1. The molecular weight excluding hydrogens is 315 g/mol. The van der Waals surface area contributed by atoms with Crippen molar-refractivity contribution in [1.82, 2.24) is 4.57 Å². The number of benzene rings is 2. The second kappa shape index (κ2) is 6.34. The van der Waals surface area contributed by atoms with Crippen molar-refractivity contribution >= 4 is 27.5 Å². The minimum absolute atomic E-state index is 0.0282. The van der Waals surface area contributed by atoms with Crippen molar-refractivity contribution in [3.05, 3.63) is 58.6 Å². The smallest absolute Gasteiger partial charge is 0.282 e. The largest absolute Gasteiger partial charge is 0.495 e. The maximum atomic E-state index is 13.7. The molecule has 23 heavy (non-hydrogen) atoms. The number of amides is 1. The lowest BCUT2D eigenvalue weighted by Gasteiger charge is -2.05. The van der Waals surface area contributed by atoms with Gasteiger partial charge in [0.25, 0.3) is 5.91 Å². The van der Waals surface area contributed by atoms with Gasteiger partial charge in [0, 0.05) is 6.54 Å². The summed E-state index contributed by atoms with van der Waals surface area (Å²) in [4.78, 5) is 16.9. The summed E-state index contributed by atoms with van der Waals surface area (Å²) >= 11 is 1.38. The number of fused-ring (bicyclic) bond motifs is 1. The van der Waals surface area contributed by atoms with Crippen LogP contribution in [0.15, 0.2) is 47.5 Å². The zero-order chi connectivity index (χ0) is 16.4. The summed E-state index contributed by atoms with van der Waals surface area (Å²) in [6.45, 7) is 2.59. The van der Waals surface area contributed by atoms with Gasteiger partial charge in [0.05, 0.1) is 17.4 Å². The number of methoxy groups -OCH3 is 1. The molecule has 0 saturated heterocycles. The highest BCUT2D eigenvalue weighted by Gasteiger charge is 2.13. The number of carbonyl (C=O) groups is 1. The molecule has 0 N–H and O–H groups in total. The Bertz CT molecular complexity index is 943. The third kappa shape index (κ3) is 2.77. The highest BCUT2D eigenvalue weighted by Crippen LogP contribution is 2.27. The molecule has 0 radical (unpaired) electrons. The highest BCUT2D eigenvalue weighted by atomic mass is 32.1. The first-order valence-electron chi connectivity index (χ1n) is 7.15. The summed E-state index contributed by atoms with van der Waals surface area (Å²) < 4.78 is 22.0. The van der Waals surface area contributed by atoms with E-state index in [0.717, 1.165) is 16.0 Å². The van der Waals surface area contributed by atoms with Crippen molar-refractivity contribution in [3.8, 4) is 5.75 Å². The van der Waals surface area contributed by atoms with Crippen molar-refractivity contribution in [3.63, 3.8) is 0 Å². The summed E-state index contributed by atoms with van der Waals surface area (Å²) in [7, 11) is 1.60. The van der Waals surface area contributed by atoms with Gasteiger partial charge in [-0.05, 0) is 31.2 Å². The van der Waals surface area contributed by atoms with Gasteiger partial charge in [-0.25, -0.2) is 4.39 Å². The first kappa shape index (κ1) is 15.4. The van der Waals surface area contributed by atoms with Gasteiger partial charge in [-0.2, -0.15) is 4.99 Å². The van der Waals surface area contributed by atoms with Crippen molar-refractivity contribution in [2.75, 3.05) is 7.11 Å². The topological polar surface area (TPSA) is 43.6 Å². The molecule has 1 heterocycles. The van der Waals surface area contributed by atoms with Crippen LogP contribution in [0, 0.1) is 5.82 Å². The molecule has 3 rings (SSSR count). The van der Waals surface area contributed by atoms with Gasteiger partial charge in [0.1, 0.15) is 17.1 Å². The van der Waals surface area contributed by atoms with Crippen molar-refractivity contribution < 1.29 is 13.9 Å². The molecule has 1 amide bonds. The standard InChI is InChI=1S/C17H15FN2O2S/c1-3-20-15-13(22-2)9-6-10-14(15)23-17(20)19-16(21)11-7-4-5-8-12(11)18/h4-10H,3H2,1-2H3. The van der Waals surface area contributed by atoms with Gasteiger partial charge in [-0.1, -0.05) is 29.5 Å². The van der Waals surface area contributed by atoms with E-state index in [9.17, 15) is 9.18 Å². The van der Waals surface area contributed by atoms with Crippen LogP contribution < -0.4 is 9.54 Å². The van der Waals surface area contributed by atoms with E-state index >= 15 is 0 Å². The second-order valence-electron chi connectivity index (χ2n) is 4.83. The number of nitrogens with zero attached hydrogens (tertiary/aromatic N) is 2. The SMILES string of the molecule is CCn1c(=NC(=O)c2ccccc2F)sc2cccc(OC)c21. The zero-order valence-corrected chi connectivity index (χ0v) is 13.6. The summed E-state index contributed by atoms with van der Waals surface area (Å²) in [6.07, 6.45) is 0. The van der Waals surface area contributed by atoms with E-state index in [1.807, 2.05) is 29.7 Å². The van der Waals surface area contributed by atoms with E-state index < -0.39 is 11.7 Å². The molecule has 0 aliphatic carbocycles. The zero-order valence-electron chi connectivity index (χ0n) is 12.7. The molecule has 3 aromatic rings. The van der Waals surface area contributed by atoms with Crippen molar-refractivity contribution in [2.45, 2.75) is 13.5 Å². The molecule has 0 aliphatic rings. The molecule has 1 aromatic heterocycles. The molecule has 2 aromatic carbocycles. The van der Waals surface area contributed by atoms with Gasteiger partial charge < -0.3 is 9.30 Å². The van der Waals surface area contributed by atoms with Gasteiger partial charge in [-0.15, -0.1) is 0 Å². The van der Waals surface area contributed by atoms with Gasteiger partial charge in [0.15, 0.2) is 4.80 Å². The molecule has 0 spiro atoms. The fourth-order valence-electron chi connectivity index (χ4n) is 2.42. The number of ether oxygens (including phenoxy) is 1. The highest BCUT2D eigenvalue weighted by molar-refractivity contribution is 7.16. The number of rotatable bonds is 3. The summed E-state index contributed by atoms with van der Waals surface area (Å²) in [5.41, 5.74) is 0.863. The molecule has 0 bridgehead atoms. The Morgan fingerprint density at radius 2 is 2.04 bits per heavy atom. The fraction of sp³-hybridized carbons (Fsp3) is 0.176. The molecule has 118 valence electrons. The first-order valence-corrected chi connectivity index (χ1v) is 7.97. The van der Waals surface area contributed by atoms with E-state index in [-0.39, 0.29) is 5.56 Å². The molecule has 0 unspecified atom stereocenters. The molecule has 4 nitrogen and oxygen atoms in total. The van der Waals surface area contributed by atoms with Crippen LogP contribution >= 0.6 is 11.3 Å². The first-order chi connectivity index (χ1) is 11.2. The van der Waals surface area contributed by atoms with Gasteiger partial charge in [-0.3, -0.25) is 4.79 Å². The minimum Gasteiger partial charge on any atom is -0.495 e. The summed E-state index contributed by atoms with van der Waals surface area (Å²) in [5, 5.41) is 0. The van der Waals surface area contributed by atoms with Crippen LogP contribution in [0.2, 0.25) is 0 Å². The number of para-hydroxylation sites is 1. The molecule has 6 heteroatoms. The third-order valence-electron chi connectivity index (χ3n) is 3.50. The minimum atomic E-state index is -0.587. The van der Waals surface area contributed by atoms with E-state index in [4.69, 9.17) is 4.74 Å². The Hall–Kier alpha value is -2.47. The Balaban J connectivity index is 2.20. The predicted octanol–water partition coefficient (Wildman–Crippen LogP) is 3.61. The Labute approximate surface area is 136 Å². The second-order valence-corrected chi connectivity index (χ2v) is 5.84. The number of aromatic nitrogens is 1. The number of hydrogen-bond acceptors (Lipinski definition) is 3.